The molecule has 0 aliphatic heterocycles. The average Bonchev–Trinajstić information content (AvgIpc) is 2.75. The second-order valence-electron chi connectivity index (χ2n) is 3.29. The fourth-order valence-electron chi connectivity index (χ4n) is 1.42. The zero-order valence-electron chi connectivity index (χ0n) is 8.46. The molecule has 0 aliphatic rings. The molecule has 84 valence electrons. The summed E-state index contributed by atoms with van der Waals surface area (Å²) in [5.74, 6) is 0.495. The molecule has 0 fully saturated rings. The third kappa shape index (κ3) is 1.68. The molecule has 2 N–H and O–H groups in total. The number of halogens is 1. The van der Waals surface area contributed by atoms with Gasteiger partial charge >= 0.3 is 0 Å². The van der Waals surface area contributed by atoms with Crippen LogP contribution in [0.25, 0.3) is 22.7 Å². The van der Waals surface area contributed by atoms with Crippen LogP contribution in [0.4, 0.5) is 5.82 Å². The molecule has 0 atom stereocenters. The fourth-order valence-corrected chi connectivity index (χ4v) is 1.55. The van der Waals surface area contributed by atoms with Crippen LogP contribution in [0.3, 0.4) is 0 Å². The Morgan fingerprint density at radius 2 is 2.12 bits per heavy atom. The highest BCUT2D eigenvalue weighted by Crippen LogP contribution is 2.26. The maximum atomic E-state index is 5.75. The van der Waals surface area contributed by atoms with Crippen molar-refractivity contribution in [1.82, 2.24) is 19.9 Å². The first-order valence-corrected chi connectivity index (χ1v) is 5.11. The van der Waals surface area contributed by atoms with Crippen LogP contribution in [0, 0.1) is 0 Å². The Bertz CT molecular complexity index is 663. The average molecular weight is 248 g/mol. The van der Waals surface area contributed by atoms with E-state index in [4.69, 9.17) is 21.8 Å². The molecule has 3 rings (SSSR count). The lowest BCUT2D eigenvalue weighted by molar-refractivity contribution is 0.616. The van der Waals surface area contributed by atoms with Crippen LogP contribution >= 0.6 is 11.6 Å². The summed E-state index contributed by atoms with van der Waals surface area (Å²) in [6.45, 7) is 0. The van der Waals surface area contributed by atoms with Crippen molar-refractivity contribution < 1.29 is 4.42 Å². The van der Waals surface area contributed by atoms with Gasteiger partial charge in [0.1, 0.15) is 10.7 Å². The molecular formula is C10H6ClN5O. The molecule has 3 heterocycles. The highest BCUT2D eigenvalue weighted by atomic mass is 35.5. The van der Waals surface area contributed by atoms with Gasteiger partial charge in [-0.3, -0.25) is 4.98 Å². The predicted octanol–water partition coefficient (Wildman–Crippen LogP) is 1.92. The normalized spacial score (nSPS) is 10.9. The maximum absolute atomic E-state index is 5.75. The number of aromatic nitrogens is 4. The number of anilines is 1. The number of rotatable bonds is 1. The Labute approximate surface area is 100 Å². The molecule has 0 bridgehead atoms. The van der Waals surface area contributed by atoms with Gasteiger partial charge in [0, 0.05) is 12.3 Å². The van der Waals surface area contributed by atoms with Crippen molar-refractivity contribution in [2.24, 2.45) is 0 Å². The van der Waals surface area contributed by atoms with Crippen LogP contribution in [0.2, 0.25) is 5.15 Å². The van der Waals surface area contributed by atoms with Crippen molar-refractivity contribution >= 4 is 28.5 Å². The molecule has 0 saturated carbocycles. The zero-order valence-corrected chi connectivity index (χ0v) is 9.22. The summed E-state index contributed by atoms with van der Waals surface area (Å²) < 4.78 is 5.50. The first-order valence-electron chi connectivity index (χ1n) is 4.73. The molecule has 0 unspecified atom stereocenters. The lowest BCUT2D eigenvalue weighted by Crippen LogP contribution is -1.97. The lowest BCUT2D eigenvalue weighted by Gasteiger charge is -1.98. The van der Waals surface area contributed by atoms with Crippen molar-refractivity contribution in [3.63, 3.8) is 0 Å². The Morgan fingerprint density at radius 3 is 2.94 bits per heavy atom. The van der Waals surface area contributed by atoms with Crippen molar-refractivity contribution in [2.75, 3.05) is 5.73 Å². The monoisotopic (exact) mass is 247 g/mol. The van der Waals surface area contributed by atoms with E-state index >= 15 is 0 Å². The summed E-state index contributed by atoms with van der Waals surface area (Å²) in [7, 11) is 0. The minimum atomic E-state index is 0.217. The summed E-state index contributed by atoms with van der Waals surface area (Å²) in [4.78, 5) is 16.1. The third-order valence-corrected chi connectivity index (χ3v) is 2.35. The quantitative estimate of drug-likeness (QED) is 0.706. The maximum Gasteiger partial charge on any atom is 0.250 e. The van der Waals surface area contributed by atoms with Crippen LogP contribution in [0.15, 0.2) is 29.1 Å². The number of fused-ring (bicyclic) bond motifs is 1. The van der Waals surface area contributed by atoms with Gasteiger partial charge in [-0.15, -0.1) is 0 Å². The molecule has 0 aliphatic carbocycles. The summed E-state index contributed by atoms with van der Waals surface area (Å²) >= 11 is 5.75. The molecule has 0 saturated heterocycles. The molecule has 0 amide bonds. The first kappa shape index (κ1) is 9.98. The summed E-state index contributed by atoms with van der Waals surface area (Å²) in [5, 5.41) is 0.231. The minimum Gasteiger partial charge on any atom is -0.434 e. The van der Waals surface area contributed by atoms with Crippen LogP contribution < -0.4 is 5.73 Å². The lowest BCUT2D eigenvalue weighted by atomic mass is 10.4. The third-order valence-electron chi connectivity index (χ3n) is 2.16. The zero-order chi connectivity index (χ0) is 11.8. The van der Waals surface area contributed by atoms with Gasteiger partial charge in [-0.25, -0.2) is 15.0 Å². The van der Waals surface area contributed by atoms with E-state index in [1.165, 1.54) is 6.20 Å². The Hall–Kier alpha value is -2.21. The number of hydrogen-bond donors (Lipinski definition) is 1. The summed E-state index contributed by atoms with van der Waals surface area (Å²) in [6.07, 6.45) is 4.57. The number of hydrogen-bond acceptors (Lipinski definition) is 6. The molecule has 17 heavy (non-hydrogen) atoms. The molecule has 6 nitrogen and oxygen atoms in total. The molecule has 3 aromatic heterocycles. The van der Waals surface area contributed by atoms with Crippen LogP contribution in [-0.2, 0) is 0 Å². The van der Waals surface area contributed by atoms with E-state index in [-0.39, 0.29) is 16.9 Å². The van der Waals surface area contributed by atoms with Gasteiger partial charge in [0.25, 0.3) is 0 Å². The highest BCUT2D eigenvalue weighted by Gasteiger charge is 2.14. The van der Waals surface area contributed by atoms with Gasteiger partial charge < -0.3 is 10.2 Å². The highest BCUT2D eigenvalue weighted by molar-refractivity contribution is 6.29. The van der Waals surface area contributed by atoms with E-state index < -0.39 is 0 Å². The summed E-state index contributed by atoms with van der Waals surface area (Å²) in [6, 6.07) is 1.71. The standard InChI is InChI=1S/C10H6ClN5O/c11-7-4-14-9(12)8(16-7)10-15-5-3-13-2-1-6(5)17-10/h1-4H,(H2,12,14). The van der Waals surface area contributed by atoms with Crippen LogP contribution in [-0.4, -0.2) is 19.9 Å². The topological polar surface area (TPSA) is 90.7 Å². The van der Waals surface area contributed by atoms with E-state index in [0.717, 1.165) is 0 Å². The van der Waals surface area contributed by atoms with Gasteiger partial charge in [-0.1, -0.05) is 11.6 Å². The second-order valence-corrected chi connectivity index (χ2v) is 3.68. The van der Waals surface area contributed by atoms with E-state index in [2.05, 4.69) is 19.9 Å². The van der Waals surface area contributed by atoms with Crippen molar-refractivity contribution in [3.05, 3.63) is 29.8 Å². The van der Waals surface area contributed by atoms with E-state index in [0.29, 0.717) is 16.8 Å². The van der Waals surface area contributed by atoms with Gasteiger partial charge in [0.15, 0.2) is 17.1 Å². The predicted molar refractivity (Wildman–Crippen MR) is 62.3 cm³/mol. The Morgan fingerprint density at radius 1 is 1.24 bits per heavy atom. The van der Waals surface area contributed by atoms with Crippen molar-refractivity contribution in [2.45, 2.75) is 0 Å². The Kier molecular flexibility index (Phi) is 2.15. The SMILES string of the molecule is Nc1ncc(Cl)nc1-c1nc2cnccc2o1. The number of pyridine rings is 1. The number of oxazole rings is 1. The second kappa shape index (κ2) is 3.67. The molecule has 0 radical (unpaired) electrons. The largest absolute Gasteiger partial charge is 0.434 e. The minimum absolute atomic E-state index is 0.217. The van der Waals surface area contributed by atoms with Gasteiger partial charge in [0.2, 0.25) is 5.89 Å². The number of nitrogens with zero attached hydrogens (tertiary/aromatic N) is 4. The summed E-state index contributed by atoms with van der Waals surface area (Å²) in [5.41, 5.74) is 7.26. The molecule has 3 aromatic rings. The molecule has 0 aromatic carbocycles. The number of nitrogen functional groups attached to an aromatic ring is 1. The van der Waals surface area contributed by atoms with Gasteiger partial charge in [-0.05, 0) is 0 Å². The molecular weight excluding hydrogens is 242 g/mol. The van der Waals surface area contributed by atoms with E-state index in [1.807, 2.05) is 0 Å². The van der Waals surface area contributed by atoms with Crippen LogP contribution in [0.5, 0.6) is 0 Å². The molecule has 7 heteroatoms. The van der Waals surface area contributed by atoms with E-state index in [9.17, 15) is 0 Å². The fraction of sp³-hybridized carbons (Fsp3) is 0. The van der Waals surface area contributed by atoms with Gasteiger partial charge in [0.05, 0.1) is 12.4 Å². The van der Waals surface area contributed by atoms with Crippen molar-refractivity contribution in [3.8, 4) is 11.6 Å². The van der Waals surface area contributed by atoms with Crippen LogP contribution in [0.1, 0.15) is 0 Å². The number of nitrogens with two attached hydrogens (primary N) is 1. The van der Waals surface area contributed by atoms with Gasteiger partial charge in [-0.2, -0.15) is 0 Å². The molecule has 0 spiro atoms. The first-order chi connectivity index (χ1) is 8.24. The van der Waals surface area contributed by atoms with Crippen molar-refractivity contribution in [1.29, 1.82) is 0 Å². The van der Waals surface area contributed by atoms with E-state index in [1.54, 1.807) is 18.5 Å². The Balaban J connectivity index is 2.23. The smallest absolute Gasteiger partial charge is 0.250 e.